The Hall–Kier alpha value is -3.23. The average molecular weight is 509 g/mol. The van der Waals surface area contributed by atoms with Gasteiger partial charge in [0.05, 0.1) is 17.3 Å². The third kappa shape index (κ3) is 5.60. The van der Waals surface area contributed by atoms with Crippen LogP contribution in [0.2, 0.25) is 0 Å². The lowest BCUT2D eigenvalue weighted by Crippen LogP contribution is -2.51. The summed E-state index contributed by atoms with van der Waals surface area (Å²) in [5, 5.41) is 10.6. The van der Waals surface area contributed by atoms with Gasteiger partial charge in [-0.3, -0.25) is 0 Å². The van der Waals surface area contributed by atoms with Crippen molar-refractivity contribution in [2.45, 2.75) is 55.9 Å². The number of rotatable bonds is 7. The van der Waals surface area contributed by atoms with Gasteiger partial charge in [-0.05, 0) is 44.0 Å². The number of ether oxygens (including phenoxy) is 1. The first-order valence-corrected chi connectivity index (χ1v) is 13.8. The Kier molecular flexibility index (Phi) is 6.94. The Balaban J connectivity index is 1.54. The van der Waals surface area contributed by atoms with Crippen LogP contribution in [-0.4, -0.2) is 47.9 Å². The molecule has 0 bridgehead atoms. The van der Waals surface area contributed by atoms with E-state index in [1.165, 1.54) is 6.07 Å². The SMILES string of the molecule is C[C@@H](c1ccc(-c2cccc(S(C)(=O)=O)n2)cc1)N1CC[C@](CC(C)(C)O)(c2ccccc2)OC1=O. The number of pyridine rings is 1. The van der Waals surface area contributed by atoms with E-state index in [2.05, 4.69) is 4.98 Å². The van der Waals surface area contributed by atoms with Crippen LogP contribution in [0, 0.1) is 0 Å². The van der Waals surface area contributed by atoms with E-state index in [4.69, 9.17) is 4.74 Å². The van der Waals surface area contributed by atoms with Crippen LogP contribution in [0.5, 0.6) is 0 Å². The lowest BCUT2D eigenvalue weighted by molar-refractivity contribution is -0.101. The summed E-state index contributed by atoms with van der Waals surface area (Å²) in [4.78, 5) is 19.2. The van der Waals surface area contributed by atoms with Gasteiger partial charge in [-0.1, -0.05) is 60.7 Å². The number of carbonyl (C=O) groups excluding carboxylic acids is 1. The van der Waals surface area contributed by atoms with Gasteiger partial charge in [0, 0.05) is 31.2 Å². The quantitative estimate of drug-likeness (QED) is 0.476. The molecule has 4 rings (SSSR count). The summed E-state index contributed by atoms with van der Waals surface area (Å²) in [5.74, 6) is 0. The van der Waals surface area contributed by atoms with Crippen molar-refractivity contribution >= 4 is 15.9 Å². The van der Waals surface area contributed by atoms with Crippen LogP contribution in [0.4, 0.5) is 4.79 Å². The van der Waals surface area contributed by atoms with Gasteiger partial charge < -0.3 is 14.7 Å². The Labute approximate surface area is 212 Å². The third-order valence-corrected chi connectivity index (χ3v) is 7.54. The minimum atomic E-state index is -3.40. The van der Waals surface area contributed by atoms with E-state index in [0.717, 1.165) is 22.9 Å². The Morgan fingerprint density at radius 1 is 1.06 bits per heavy atom. The second kappa shape index (κ2) is 9.67. The highest BCUT2D eigenvalue weighted by molar-refractivity contribution is 7.90. The molecule has 0 aliphatic carbocycles. The number of amides is 1. The number of aromatic nitrogens is 1. The van der Waals surface area contributed by atoms with E-state index >= 15 is 0 Å². The lowest BCUT2D eigenvalue weighted by atomic mass is 9.80. The van der Waals surface area contributed by atoms with Gasteiger partial charge in [-0.2, -0.15) is 0 Å². The number of carbonyl (C=O) groups is 1. The van der Waals surface area contributed by atoms with Crippen LogP contribution in [0.3, 0.4) is 0 Å². The zero-order valence-corrected chi connectivity index (χ0v) is 21.8. The molecule has 1 amide bonds. The number of hydrogen-bond acceptors (Lipinski definition) is 6. The summed E-state index contributed by atoms with van der Waals surface area (Å²) in [6, 6.07) is 21.9. The first-order valence-electron chi connectivity index (χ1n) is 11.9. The maximum atomic E-state index is 13.3. The molecule has 2 atom stereocenters. The molecular weight excluding hydrogens is 476 g/mol. The fourth-order valence-electron chi connectivity index (χ4n) is 4.79. The van der Waals surface area contributed by atoms with Crippen molar-refractivity contribution in [1.29, 1.82) is 0 Å². The first kappa shape index (κ1) is 25.9. The van der Waals surface area contributed by atoms with E-state index in [-0.39, 0.29) is 11.1 Å². The van der Waals surface area contributed by atoms with Crippen molar-refractivity contribution in [2.75, 3.05) is 12.8 Å². The molecule has 0 saturated carbocycles. The molecular formula is C28H32N2O5S. The summed E-state index contributed by atoms with van der Waals surface area (Å²) >= 11 is 0. The highest BCUT2D eigenvalue weighted by Crippen LogP contribution is 2.42. The average Bonchev–Trinajstić information content (AvgIpc) is 2.83. The minimum absolute atomic E-state index is 0.0291. The van der Waals surface area contributed by atoms with Crippen molar-refractivity contribution in [2.24, 2.45) is 0 Å². The van der Waals surface area contributed by atoms with Crippen LogP contribution in [0.15, 0.2) is 77.8 Å². The van der Waals surface area contributed by atoms with E-state index in [0.29, 0.717) is 25.1 Å². The summed E-state index contributed by atoms with van der Waals surface area (Å²) in [6.07, 6.45) is 1.56. The van der Waals surface area contributed by atoms with Crippen LogP contribution in [0.1, 0.15) is 50.8 Å². The molecule has 1 fully saturated rings. The molecule has 1 aromatic heterocycles. The second-order valence-electron chi connectivity index (χ2n) is 10.1. The molecule has 1 N–H and O–H groups in total. The molecule has 0 radical (unpaired) electrons. The molecule has 8 heteroatoms. The molecule has 0 spiro atoms. The third-order valence-electron chi connectivity index (χ3n) is 6.55. The van der Waals surface area contributed by atoms with E-state index in [9.17, 15) is 18.3 Å². The van der Waals surface area contributed by atoms with Gasteiger partial charge >= 0.3 is 6.09 Å². The topological polar surface area (TPSA) is 96.8 Å². The Morgan fingerprint density at radius 2 is 1.72 bits per heavy atom. The molecule has 0 unspecified atom stereocenters. The monoisotopic (exact) mass is 508 g/mol. The van der Waals surface area contributed by atoms with Gasteiger partial charge in [0.2, 0.25) is 0 Å². The predicted octanol–water partition coefficient (Wildman–Crippen LogP) is 5.11. The standard InChI is InChI=1S/C28H32N2O5S/c1-20(21-13-15-22(16-14-21)24-11-8-12-25(29-24)36(4,33)34)30-18-17-28(35-26(30)31,19-27(2,3)32)23-9-6-5-7-10-23/h5-16,20,32H,17-19H2,1-4H3/t20-,28-/m0/s1. The molecule has 2 aromatic carbocycles. The van der Waals surface area contributed by atoms with E-state index in [1.54, 1.807) is 30.9 Å². The number of hydrogen-bond donors (Lipinski definition) is 1. The van der Waals surface area contributed by atoms with Crippen LogP contribution in [0.25, 0.3) is 11.3 Å². The van der Waals surface area contributed by atoms with Gasteiger partial charge in [0.25, 0.3) is 0 Å². The summed E-state index contributed by atoms with van der Waals surface area (Å²) in [7, 11) is -3.40. The number of nitrogens with zero attached hydrogens (tertiary/aromatic N) is 2. The number of aliphatic hydroxyl groups is 1. The molecule has 190 valence electrons. The molecule has 3 aromatic rings. The number of sulfone groups is 1. The van der Waals surface area contributed by atoms with Gasteiger partial charge in [-0.15, -0.1) is 0 Å². The highest BCUT2D eigenvalue weighted by atomic mass is 32.2. The zero-order chi connectivity index (χ0) is 26.1. The van der Waals surface area contributed by atoms with Crippen LogP contribution < -0.4 is 0 Å². The zero-order valence-electron chi connectivity index (χ0n) is 21.0. The van der Waals surface area contributed by atoms with Crippen molar-refractivity contribution in [3.63, 3.8) is 0 Å². The fraction of sp³-hybridized carbons (Fsp3) is 0.357. The summed E-state index contributed by atoms with van der Waals surface area (Å²) in [5.41, 5.74) is 1.24. The maximum Gasteiger partial charge on any atom is 0.411 e. The van der Waals surface area contributed by atoms with Crippen LogP contribution >= 0.6 is 0 Å². The molecule has 1 aliphatic rings. The number of benzene rings is 2. The smallest absolute Gasteiger partial charge is 0.411 e. The van der Waals surface area contributed by atoms with Gasteiger partial charge in [0.1, 0.15) is 5.60 Å². The molecule has 7 nitrogen and oxygen atoms in total. The fourth-order valence-corrected chi connectivity index (χ4v) is 5.38. The van der Waals surface area contributed by atoms with Crippen molar-refractivity contribution < 1.29 is 23.1 Å². The molecule has 1 saturated heterocycles. The first-order chi connectivity index (χ1) is 16.9. The van der Waals surface area contributed by atoms with Gasteiger partial charge in [0.15, 0.2) is 14.9 Å². The Bertz CT molecular complexity index is 1330. The maximum absolute atomic E-state index is 13.3. The second-order valence-corrected chi connectivity index (χ2v) is 12.1. The Morgan fingerprint density at radius 3 is 2.31 bits per heavy atom. The molecule has 1 aliphatic heterocycles. The number of cyclic esters (lactones) is 1. The van der Waals surface area contributed by atoms with Crippen LogP contribution in [-0.2, 0) is 20.2 Å². The van der Waals surface area contributed by atoms with E-state index in [1.807, 2.05) is 61.5 Å². The van der Waals surface area contributed by atoms with Crippen molar-refractivity contribution in [1.82, 2.24) is 9.88 Å². The van der Waals surface area contributed by atoms with E-state index < -0.39 is 27.1 Å². The predicted molar refractivity (Wildman–Crippen MR) is 138 cm³/mol. The molecule has 36 heavy (non-hydrogen) atoms. The normalized spacial score (nSPS) is 19.6. The highest BCUT2D eigenvalue weighted by Gasteiger charge is 2.46. The summed E-state index contributed by atoms with van der Waals surface area (Å²) in [6.45, 7) is 5.88. The lowest BCUT2D eigenvalue weighted by Gasteiger charge is -2.45. The summed E-state index contributed by atoms with van der Waals surface area (Å²) < 4.78 is 29.8. The van der Waals surface area contributed by atoms with Crippen molar-refractivity contribution in [3.05, 3.63) is 83.9 Å². The minimum Gasteiger partial charge on any atom is -0.438 e. The van der Waals surface area contributed by atoms with Gasteiger partial charge in [-0.25, -0.2) is 18.2 Å². The largest absolute Gasteiger partial charge is 0.438 e. The molecule has 2 heterocycles. The van der Waals surface area contributed by atoms with Crippen molar-refractivity contribution in [3.8, 4) is 11.3 Å².